The minimum Gasteiger partial charge on any atom is -0.312 e. The molecule has 1 N–H and O–H groups in total. The number of nitrogens with zero attached hydrogens (tertiary/aromatic N) is 1. The lowest BCUT2D eigenvalue weighted by Gasteiger charge is -2.17. The van der Waals surface area contributed by atoms with E-state index in [-0.39, 0.29) is 0 Å². The number of unbranched alkanes of at least 4 members (excludes halogenated alkanes) is 1. The molecule has 0 aliphatic heterocycles. The molecule has 0 bridgehead atoms. The van der Waals surface area contributed by atoms with Crippen molar-refractivity contribution in [1.29, 1.82) is 0 Å². The second-order valence-electron chi connectivity index (χ2n) is 4.15. The van der Waals surface area contributed by atoms with E-state index in [2.05, 4.69) is 36.1 Å². The van der Waals surface area contributed by atoms with Gasteiger partial charge < -0.3 is 5.32 Å². The second kappa shape index (κ2) is 6.30. The van der Waals surface area contributed by atoms with Crippen LogP contribution in [0.5, 0.6) is 0 Å². The molecule has 0 aliphatic carbocycles. The average molecular weight is 216 g/mol. The van der Waals surface area contributed by atoms with E-state index in [4.69, 9.17) is 6.42 Å². The van der Waals surface area contributed by atoms with Gasteiger partial charge in [-0.15, -0.1) is 12.3 Å². The molecule has 86 valence electrons. The minimum absolute atomic E-state index is 0.314. The molecule has 1 aromatic rings. The summed E-state index contributed by atoms with van der Waals surface area (Å²) in [6.07, 6.45) is 10.1. The Kier molecular flexibility index (Phi) is 5.01. The number of pyridine rings is 1. The van der Waals surface area contributed by atoms with Crippen molar-refractivity contribution in [2.45, 2.75) is 39.2 Å². The SMILES string of the molecule is C#CCCCC(NC)c1ncc(C)cc1C. The van der Waals surface area contributed by atoms with Gasteiger partial charge in [-0.3, -0.25) is 4.98 Å². The lowest BCUT2D eigenvalue weighted by atomic mass is 10.0. The topological polar surface area (TPSA) is 24.9 Å². The first kappa shape index (κ1) is 12.7. The van der Waals surface area contributed by atoms with Gasteiger partial charge in [-0.25, -0.2) is 0 Å². The predicted molar refractivity (Wildman–Crippen MR) is 68.2 cm³/mol. The molecule has 0 aliphatic rings. The number of aryl methyl sites for hydroxylation is 2. The summed E-state index contributed by atoms with van der Waals surface area (Å²) in [6.45, 7) is 4.18. The zero-order valence-corrected chi connectivity index (χ0v) is 10.4. The van der Waals surface area contributed by atoms with Gasteiger partial charge in [0.2, 0.25) is 0 Å². The van der Waals surface area contributed by atoms with Gasteiger partial charge in [0, 0.05) is 18.7 Å². The smallest absolute Gasteiger partial charge is 0.0602 e. The molecule has 0 saturated carbocycles. The number of terminal acetylenes is 1. The molecule has 2 heteroatoms. The van der Waals surface area contributed by atoms with Crippen LogP contribution < -0.4 is 5.32 Å². The zero-order chi connectivity index (χ0) is 12.0. The fourth-order valence-electron chi connectivity index (χ4n) is 1.92. The van der Waals surface area contributed by atoms with Crippen molar-refractivity contribution in [2.75, 3.05) is 7.05 Å². The molecule has 0 amide bonds. The Balaban J connectivity index is 2.75. The highest BCUT2D eigenvalue weighted by atomic mass is 14.9. The van der Waals surface area contributed by atoms with Gasteiger partial charge in [-0.05, 0) is 44.9 Å². The highest BCUT2D eigenvalue weighted by molar-refractivity contribution is 5.25. The third-order valence-corrected chi connectivity index (χ3v) is 2.75. The first-order valence-corrected chi connectivity index (χ1v) is 5.73. The van der Waals surface area contributed by atoms with Crippen molar-refractivity contribution in [1.82, 2.24) is 10.3 Å². The number of nitrogens with one attached hydrogen (secondary N) is 1. The molecule has 1 heterocycles. The van der Waals surface area contributed by atoms with E-state index in [1.54, 1.807) is 0 Å². The summed E-state index contributed by atoms with van der Waals surface area (Å²) in [6, 6.07) is 2.49. The van der Waals surface area contributed by atoms with Crippen LogP contribution in [0.2, 0.25) is 0 Å². The van der Waals surface area contributed by atoms with Gasteiger partial charge in [-0.2, -0.15) is 0 Å². The Morgan fingerprint density at radius 2 is 2.25 bits per heavy atom. The van der Waals surface area contributed by atoms with Crippen LogP contribution in [-0.4, -0.2) is 12.0 Å². The van der Waals surface area contributed by atoms with Gasteiger partial charge in [0.05, 0.1) is 5.69 Å². The maximum absolute atomic E-state index is 5.26. The molecule has 0 aromatic carbocycles. The van der Waals surface area contributed by atoms with E-state index in [1.165, 1.54) is 11.1 Å². The van der Waals surface area contributed by atoms with E-state index in [0.717, 1.165) is 25.0 Å². The fourth-order valence-corrected chi connectivity index (χ4v) is 1.92. The van der Waals surface area contributed by atoms with Gasteiger partial charge >= 0.3 is 0 Å². The highest BCUT2D eigenvalue weighted by Gasteiger charge is 2.12. The second-order valence-corrected chi connectivity index (χ2v) is 4.15. The molecule has 0 saturated heterocycles. The Morgan fingerprint density at radius 1 is 1.50 bits per heavy atom. The molecule has 1 unspecified atom stereocenters. The van der Waals surface area contributed by atoms with Crippen molar-refractivity contribution in [3.05, 3.63) is 29.1 Å². The minimum atomic E-state index is 0.314. The summed E-state index contributed by atoms with van der Waals surface area (Å²) in [7, 11) is 1.97. The summed E-state index contributed by atoms with van der Waals surface area (Å²) in [5.74, 6) is 2.67. The quantitative estimate of drug-likeness (QED) is 0.604. The maximum Gasteiger partial charge on any atom is 0.0602 e. The molecule has 0 fully saturated rings. The van der Waals surface area contributed by atoms with Crippen LogP contribution >= 0.6 is 0 Å². The highest BCUT2D eigenvalue weighted by Crippen LogP contribution is 2.20. The molecule has 1 rings (SSSR count). The summed E-state index contributed by atoms with van der Waals surface area (Å²) < 4.78 is 0. The van der Waals surface area contributed by atoms with Gasteiger partial charge in [0.1, 0.15) is 0 Å². The molecule has 1 atom stereocenters. The van der Waals surface area contributed by atoms with Crippen LogP contribution in [-0.2, 0) is 0 Å². The normalized spacial score (nSPS) is 12.1. The Hall–Kier alpha value is -1.33. The largest absolute Gasteiger partial charge is 0.312 e. The lowest BCUT2D eigenvalue weighted by Crippen LogP contribution is -2.18. The fraction of sp³-hybridized carbons (Fsp3) is 0.500. The van der Waals surface area contributed by atoms with Crippen molar-refractivity contribution >= 4 is 0 Å². The van der Waals surface area contributed by atoms with Crippen LogP contribution in [0.1, 0.15) is 42.1 Å². The standard InChI is InChI=1S/C14H20N2/c1-5-6-7-8-13(15-4)14-12(3)9-11(2)10-16-14/h1,9-10,13,15H,6-8H2,2-4H3. The molecule has 0 spiro atoms. The van der Waals surface area contributed by atoms with E-state index < -0.39 is 0 Å². The van der Waals surface area contributed by atoms with Crippen LogP contribution in [0, 0.1) is 26.2 Å². The first-order chi connectivity index (χ1) is 7.69. The van der Waals surface area contributed by atoms with E-state index in [9.17, 15) is 0 Å². The Labute approximate surface area is 98.5 Å². The summed E-state index contributed by atoms with van der Waals surface area (Å²) in [5.41, 5.74) is 3.60. The number of hydrogen-bond donors (Lipinski definition) is 1. The molecule has 0 radical (unpaired) electrons. The van der Waals surface area contributed by atoms with E-state index in [0.29, 0.717) is 6.04 Å². The van der Waals surface area contributed by atoms with E-state index in [1.807, 2.05) is 13.2 Å². The van der Waals surface area contributed by atoms with E-state index >= 15 is 0 Å². The monoisotopic (exact) mass is 216 g/mol. The number of rotatable bonds is 5. The Morgan fingerprint density at radius 3 is 2.81 bits per heavy atom. The van der Waals surface area contributed by atoms with Gasteiger partial charge in [0.25, 0.3) is 0 Å². The first-order valence-electron chi connectivity index (χ1n) is 5.73. The Bertz CT molecular complexity index is 377. The molecule has 16 heavy (non-hydrogen) atoms. The average Bonchev–Trinajstić information content (AvgIpc) is 2.26. The molecule has 1 aromatic heterocycles. The van der Waals surface area contributed by atoms with Crippen molar-refractivity contribution < 1.29 is 0 Å². The van der Waals surface area contributed by atoms with Crippen molar-refractivity contribution in [3.8, 4) is 12.3 Å². The summed E-state index contributed by atoms with van der Waals surface area (Å²) in [5, 5.41) is 3.31. The van der Waals surface area contributed by atoms with Gasteiger partial charge in [0.15, 0.2) is 0 Å². The van der Waals surface area contributed by atoms with Crippen LogP contribution in [0.25, 0.3) is 0 Å². The molecule has 2 nitrogen and oxygen atoms in total. The van der Waals surface area contributed by atoms with Crippen LogP contribution in [0.15, 0.2) is 12.3 Å². The van der Waals surface area contributed by atoms with Crippen molar-refractivity contribution in [2.24, 2.45) is 0 Å². The number of hydrogen-bond acceptors (Lipinski definition) is 2. The molecular formula is C14H20N2. The number of aromatic nitrogens is 1. The predicted octanol–water partition coefficient (Wildman–Crippen LogP) is 2.76. The lowest BCUT2D eigenvalue weighted by molar-refractivity contribution is 0.517. The molecular weight excluding hydrogens is 196 g/mol. The van der Waals surface area contributed by atoms with Crippen LogP contribution in [0.3, 0.4) is 0 Å². The zero-order valence-electron chi connectivity index (χ0n) is 10.4. The van der Waals surface area contributed by atoms with Crippen molar-refractivity contribution in [3.63, 3.8) is 0 Å². The third kappa shape index (κ3) is 3.36. The summed E-state index contributed by atoms with van der Waals surface area (Å²) in [4.78, 5) is 4.51. The maximum atomic E-state index is 5.26. The summed E-state index contributed by atoms with van der Waals surface area (Å²) >= 11 is 0. The van der Waals surface area contributed by atoms with Crippen LogP contribution in [0.4, 0.5) is 0 Å². The third-order valence-electron chi connectivity index (χ3n) is 2.75. The van der Waals surface area contributed by atoms with Gasteiger partial charge in [-0.1, -0.05) is 6.07 Å².